The van der Waals surface area contributed by atoms with Crippen molar-refractivity contribution in [2.75, 3.05) is 0 Å². The first kappa shape index (κ1) is 10.6. The standard InChI is InChI=1S/C12H15NO/c1-10(2)9-12(14)7-6-11-5-3-4-8-13-11/h3-5,8H,1,6-7,9H2,2H3. The molecular weight excluding hydrogens is 174 g/mol. The molecule has 74 valence electrons. The Hall–Kier alpha value is -1.44. The molecule has 0 unspecified atom stereocenters. The predicted molar refractivity (Wildman–Crippen MR) is 57.0 cm³/mol. The van der Waals surface area contributed by atoms with Crippen molar-refractivity contribution in [3.63, 3.8) is 0 Å². The quantitative estimate of drug-likeness (QED) is 0.666. The van der Waals surface area contributed by atoms with E-state index in [1.165, 1.54) is 0 Å². The van der Waals surface area contributed by atoms with Crippen molar-refractivity contribution in [1.29, 1.82) is 0 Å². The van der Waals surface area contributed by atoms with Gasteiger partial charge < -0.3 is 0 Å². The van der Waals surface area contributed by atoms with Gasteiger partial charge in [0.15, 0.2) is 0 Å². The molecule has 1 aromatic heterocycles. The van der Waals surface area contributed by atoms with Crippen LogP contribution in [0.15, 0.2) is 36.5 Å². The van der Waals surface area contributed by atoms with Crippen LogP contribution < -0.4 is 0 Å². The summed E-state index contributed by atoms with van der Waals surface area (Å²) in [7, 11) is 0. The van der Waals surface area contributed by atoms with Gasteiger partial charge in [-0.25, -0.2) is 0 Å². The van der Waals surface area contributed by atoms with E-state index in [0.29, 0.717) is 12.8 Å². The lowest BCUT2D eigenvalue weighted by Crippen LogP contribution is -2.01. The Morgan fingerprint density at radius 1 is 1.50 bits per heavy atom. The number of aromatic nitrogens is 1. The van der Waals surface area contributed by atoms with Crippen molar-refractivity contribution < 1.29 is 4.79 Å². The molecule has 0 spiro atoms. The van der Waals surface area contributed by atoms with E-state index in [1.54, 1.807) is 6.20 Å². The molecular formula is C12H15NO. The van der Waals surface area contributed by atoms with Crippen LogP contribution in [-0.2, 0) is 11.2 Å². The minimum absolute atomic E-state index is 0.239. The summed E-state index contributed by atoms with van der Waals surface area (Å²) in [6.45, 7) is 5.59. The van der Waals surface area contributed by atoms with Gasteiger partial charge in [0.05, 0.1) is 0 Å². The van der Waals surface area contributed by atoms with E-state index in [0.717, 1.165) is 17.7 Å². The molecule has 0 amide bonds. The highest BCUT2D eigenvalue weighted by atomic mass is 16.1. The highest BCUT2D eigenvalue weighted by molar-refractivity contribution is 5.80. The SMILES string of the molecule is C=C(C)CC(=O)CCc1ccccn1. The molecule has 0 bridgehead atoms. The molecule has 0 aliphatic rings. The summed E-state index contributed by atoms with van der Waals surface area (Å²) >= 11 is 0. The summed E-state index contributed by atoms with van der Waals surface area (Å²) in [6, 6.07) is 5.75. The van der Waals surface area contributed by atoms with Crippen LogP contribution in [0, 0.1) is 0 Å². The Kier molecular flexibility index (Phi) is 4.05. The Balaban J connectivity index is 2.34. The number of carbonyl (C=O) groups is 1. The summed E-state index contributed by atoms with van der Waals surface area (Å²) in [5, 5.41) is 0. The van der Waals surface area contributed by atoms with E-state index < -0.39 is 0 Å². The number of ketones is 1. The van der Waals surface area contributed by atoms with Crippen LogP contribution in [0.3, 0.4) is 0 Å². The van der Waals surface area contributed by atoms with Gasteiger partial charge in [0.25, 0.3) is 0 Å². The van der Waals surface area contributed by atoms with Crippen molar-refractivity contribution in [2.45, 2.75) is 26.2 Å². The number of aryl methyl sites for hydroxylation is 1. The number of pyridine rings is 1. The molecule has 1 heterocycles. The van der Waals surface area contributed by atoms with Crippen LogP contribution >= 0.6 is 0 Å². The number of hydrogen-bond acceptors (Lipinski definition) is 2. The average molecular weight is 189 g/mol. The average Bonchev–Trinajstić information content (AvgIpc) is 2.15. The van der Waals surface area contributed by atoms with Gasteiger partial charge in [-0.15, -0.1) is 0 Å². The summed E-state index contributed by atoms with van der Waals surface area (Å²) in [5.74, 6) is 0.239. The molecule has 0 atom stereocenters. The van der Waals surface area contributed by atoms with E-state index in [4.69, 9.17) is 0 Å². The third kappa shape index (κ3) is 3.99. The number of carbonyl (C=O) groups excluding carboxylic acids is 1. The van der Waals surface area contributed by atoms with E-state index in [-0.39, 0.29) is 5.78 Å². The lowest BCUT2D eigenvalue weighted by molar-refractivity contribution is -0.118. The van der Waals surface area contributed by atoms with Gasteiger partial charge in [0.1, 0.15) is 5.78 Å². The molecule has 0 fully saturated rings. The molecule has 0 saturated heterocycles. The summed E-state index contributed by atoms with van der Waals surface area (Å²) in [6.07, 6.45) is 3.53. The van der Waals surface area contributed by atoms with Crippen molar-refractivity contribution in [2.24, 2.45) is 0 Å². The summed E-state index contributed by atoms with van der Waals surface area (Å²) < 4.78 is 0. The zero-order valence-corrected chi connectivity index (χ0v) is 8.49. The Morgan fingerprint density at radius 3 is 2.86 bits per heavy atom. The van der Waals surface area contributed by atoms with Crippen LogP contribution in [-0.4, -0.2) is 10.8 Å². The molecule has 2 nitrogen and oxygen atoms in total. The third-order valence-electron chi connectivity index (χ3n) is 1.89. The maximum atomic E-state index is 11.3. The van der Waals surface area contributed by atoms with Crippen LogP contribution in [0.25, 0.3) is 0 Å². The molecule has 2 heteroatoms. The molecule has 1 rings (SSSR count). The van der Waals surface area contributed by atoms with Crippen molar-refractivity contribution in [1.82, 2.24) is 4.98 Å². The minimum Gasteiger partial charge on any atom is -0.299 e. The summed E-state index contributed by atoms with van der Waals surface area (Å²) in [4.78, 5) is 15.5. The molecule has 0 aromatic carbocycles. The highest BCUT2D eigenvalue weighted by Gasteiger charge is 2.02. The Bertz CT molecular complexity index is 316. The second kappa shape index (κ2) is 5.32. The number of allylic oxidation sites excluding steroid dienone is 1. The fraction of sp³-hybridized carbons (Fsp3) is 0.333. The van der Waals surface area contributed by atoms with Crippen LogP contribution in [0.1, 0.15) is 25.5 Å². The van der Waals surface area contributed by atoms with E-state index in [2.05, 4.69) is 11.6 Å². The fourth-order valence-corrected chi connectivity index (χ4v) is 1.24. The Morgan fingerprint density at radius 2 is 2.29 bits per heavy atom. The lowest BCUT2D eigenvalue weighted by atomic mass is 10.1. The van der Waals surface area contributed by atoms with Crippen LogP contribution in [0.5, 0.6) is 0 Å². The zero-order valence-electron chi connectivity index (χ0n) is 8.49. The van der Waals surface area contributed by atoms with E-state index in [9.17, 15) is 4.79 Å². The first-order valence-corrected chi connectivity index (χ1v) is 4.74. The lowest BCUT2D eigenvalue weighted by Gasteiger charge is -2.00. The van der Waals surface area contributed by atoms with Gasteiger partial charge in [-0.3, -0.25) is 9.78 Å². The van der Waals surface area contributed by atoms with Crippen molar-refractivity contribution in [3.05, 3.63) is 42.2 Å². The fourth-order valence-electron chi connectivity index (χ4n) is 1.24. The number of nitrogens with zero attached hydrogens (tertiary/aromatic N) is 1. The van der Waals surface area contributed by atoms with Crippen LogP contribution in [0.4, 0.5) is 0 Å². The topological polar surface area (TPSA) is 30.0 Å². The van der Waals surface area contributed by atoms with Gasteiger partial charge in [-0.2, -0.15) is 0 Å². The number of rotatable bonds is 5. The molecule has 0 saturated carbocycles. The molecule has 0 radical (unpaired) electrons. The second-order valence-corrected chi connectivity index (χ2v) is 3.49. The van der Waals surface area contributed by atoms with Gasteiger partial charge in [-0.05, 0) is 25.5 Å². The molecule has 1 aromatic rings. The van der Waals surface area contributed by atoms with E-state index >= 15 is 0 Å². The normalized spacial score (nSPS) is 9.79. The summed E-state index contributed by atoms with van der Waals surface area (Å²) in [5.41, 5.74) is 1.90. The first-order chi connectivity index (χ1) is 6.68. The van der Waals surface area contributed by atoms with Crippen LogP contribution in [0.2, 0.25) is 0 Å². The monoisotopic (exact) mass is 189 g/mol. The smallest absolute Gasteiger partial charge is 0.137 e. The highest BCUT2D eigenvalue weighted by Crippen LogP contribution is 2.04. The van der Waals surface area contributed by atoms with Gasteiger partial charge >= 0.3 is 0 Å². The van der Waals surface area contributed by atoms with Gasteiger partial charge in [0.2, 0.25) is 0 Å². The van der Waals surface area contributed by atoms with Gasteiger partial charge in [-0.1, -0.05) is 18.2 Å². The minimum atomic E-state index is 0.239. The molecule has 0 N–H and O–H groups in total. The third-order valence-corrected chi connectivity index (χ3v) is 1.89. The number of hydrogen-bond donors (Lipinski definition) is 0. The predicted octanol–water partition coefficient (Wildman–Crippen LogP) is 2.55. The maximum absolute atomic E-state index is 11.3. The largest absolute Gasteiger partial charge is 0.299 e. The van der Waals surface area contributed by atoms with Gasteiger partial charge in [0, 0.05) is 24.7 Å². The zero-order chi connectivity index (χ0) is 10.4. The molecule has 14 heavy (non-hydrogen) atoms. The first-order valence-electron chi connectivity index (χ1n) is 4.74. The van der Waals surface area contributed by atoms with E-state index in [1.807, 2.05) is 25.1 Å². The second-order valence-electron chi connectivity index (χ2n) is 3.49. The molecule has 0 aliphatic heterocycles. The Labute approximate surface area is 84.7 Å². The van der Waals surface area contributed by atoms with Crippen molar-refractivity contribution >= 4 is 5.78 Å². The maximum Gasteiger partial charge on any atom is 0.137 e. The number of Topliss-reactive ketones (excluding diaryl/α,β-unsaturated/α-hetero) is 1. The van der Waals surface area contributed by atoms with Crippen molar-refractivity contribution in [3.8, 4) is 0 Å². The molecule has 0 aliphatic carbocycles.